The lowest BCUT2D eigenvalue weighted by molar-refractivity contribution is -0.136. The number of urea groups is 1. The van der Waals surface area contributed by atoms with E-state index in [1.165, 1.54) is 5.56 Å². The van der Waals surface area contributed by atoms with Crippen molar-refractivity contribution < 1.29 is 33.5 Å². The van der Waals surface area contributed by atoms with Crippen LogP contribution in [0.2, 0.25) is 0 Å². The Labute approximate surface area is 358 Å². The zero-order valence-electron chi connectivity index (χ0n) is 34.8. The van der Waals surface area contributed by atoms with E-state index in [4.69, 9.17) is 15.5 Å². The van der Waals surface area contributed by atoms with E-state index < -0.39 is 35.6 Å². The molecular formula is C44H51N11O7. The predicted octanol–water partition coefficient (Wildman–Crippen LogP) is 2.07. The van der Waals surface area contributed by atoms with E-state index in [0.717, 1.165) is 74.7 Å². The van der Waals surface area contributed by atoms with Gasteiger partial charge in [-0.2, -0.15) is 0 Å². The number of aromatic nitrogens is 2. The number of anilines is 4. The Balaban J connectivity index is 0.739. The highest BCUT2D eigenvalue weighted by Crippen LogP contribution is 2.39. The maximum Gasteiger partial charge on any atom is 0.320 e. The maximum absolute atomic E-state index is 13.4. The number of ether oxygens (including phenoxy) is 1. The molecule has 18 heteroatoms. The van der Waals surface area contributed by atoms with Crippen molar-refractivity contribution in [3.63, 3.8) is 0 Å². The largest absolute Gasteiger partial charge is 0.377 e. The molecule has 6 fully saturated rings. The molecule has 2 atom stereocenters. The van der Waals surface area contributed by atoms with Crippen molar-refractivity contribution in [1.82, 2.24) is 34.9 Å². The molecule has 7 amide bonds. The van der Waals surface area contributed by atoms with Gasteiger partial charge in [-0.05, 0) is 86.5 Å². The number of likely N-dealkylation sites (tertiary alicyclic amines) is 1. The normalized spacial score (nSPS) is 24.6. The number of piperidine rings is 3. The SMILES string of the molecule is CC1(c2ccc(Nc3nc(N4CCCC(N5CCN(C6COC6)C5=O)C4)cnc3C(N)=O)cc2)CCN(C2CN(c3ccc4c(c3)C(=O)N(C3CCC(=O)NC3=O)C4=O)C2)CC1. The summed E-state index contributed by atoms with van der Waals surface area (Å²) in [6, 6.07) is 13.2. The number of nitrogens with zero attached hydrogens (tertiary/aromatic N) is 8. The Bertz CT molecular complexity index is 2340. The number of nitrogens with two attached hydrogens (primary N) is 1. The Morgan fingerprint density at radius 3 is 2.24 bits per heavy atom. The lowest BCUT2D eigenvalue weighted by Gasteiger charge is -2.50. The van der Waals surface area contributed by atoms with Gasteiger partial charge < -0.3 is 35.4 Å². The third-order valence-electron chi connectivity index (χ3n) is 14.2. The summed E-state index contributed by atoms with van der Waals surface area (Å²) in [7, 11) is 0. The fourth-order valence-corrected chi connectivity index (χ4v) is 10.2. The number of hydrogen-bond donors (Lipinski definition) is 3. The minimum Gasteiger partial charge on any atom is -0.377 e. The van der Waals surface area contributed by atoms with E-state index in [1.54, 1.807) is 18.3 Å². The van der Waals surface area contributed by atoms with Crippen LogP contribution in [0.4, 0.5) is 27.8 Å². The molecule has 7 aliphatic rings. The second-order valence-electron chi connectivity index (χ2n) is 17.9. The zero-order valence-corrected chi connectivity index (χ0v) is 34.8. The molecule has 0 aliphatic carbocycles. The molecule has 62 heavy (non-hydrogen) atoms. The minimum absolute atomic E-state index is 0.0257. The van der Waals surface area contributed by atoms with Gasteiger partial charge in [0.1, 0.15) is 11.9 Å². The molecule has 3 aromatic rings. The molecule has 0 spiro atoms. The van der Waals surface area contributed by atoms with Crippen molar-refractivity contribution in [2.75, 3.05) is 80.7 Å². The molecule has 7 aliphatic heterocycles. The molecule has 2 aromatic carbocycles. The fraction of sp³-hybridized carbons (Fsp3) is 0.500. The highest BCUT2D eigenvalue weighted by molar-refractivity contribution is 6.23. The van der Waals surface area contributed by atoms with Gasteiger partial charge in [0.05, 0.1) is 42.6 Å². The van der Waals surface area contributed by atoms with Crippen molar-refractivity contribution in [2.45, 2.75) is 75.0 Å². The first-order valence-corrected chi connectivity index (χ1v) is 21.7. The van der Waals surface area contributed by atoms with Crippen LogP contribution in [-0.2, 0) is 19.7 Å². The Hall–Kier alpha value is -6.14. The van der Waals surface area contributed by atoms with Crippen LogP contribution in [0.5, 0.6) is 0 Å². The zero-order chi connectivity index (χ0) is 42.9. The number of benzene rings is 2. The summed E-state index contributed by atoms with van der Waals surface area (Å²) in [6.07, 6.45) is 5.58. The summed E-state index contributed by atoms with van der Waals surface area (Å²) in [5, 5.41) is 5.55. The van der Waals surface area contributed by atoms with Crippen LogP contribution >= 0.6 is 0 Å². The van der Waals surface area contributed by atoms with Crippen molar-refractivity contribution in [1.29, 1.82) is 0 Å². The molecule has 1 aromatic heterocycles. The maximum atomic E-state index is 13.4. The lowest BCUT2D eigenvalue weighted by atomic mass is 9.74. The second kappa shape index (κ2) is 15.6. The topological polar surface area (TPSA) is 207 Å². The van der Waals surface area contributed by atoms with E-state index in [0.29, 0.717) is 56.1 Å². The van der Waals surface area contributed by atoms with Gasteiger partial charge in [0.2, 0.25) is 11.8 Å². The van der Waals surface area contributed by atoms with Gasteiger partial charge >= 0.3 is 6.03 Å². The molecular weight excluding hydrogens is 795 g/mol. The number of carbonyl (C=O) groups excluding carboxylic acids is 6. The molecule has 324 valence electrons. The molecule has 0 radical (unpaired) electrons. The van der Waals surface area contributed by atoms with E-state index in [9.17, 15) is 28.8 Å². The predicted molar refractivity (Wildman–Crippen MR) is 226 cm³/mol. The van der Waals surface area contributed by atoms with Crippen molar-refractivity contribution in [3.8, 4) is 0 Å². The third kappa shape index (κ3) is 7.07. The van der Waals surface area contributed by atoms with Gasteiger partial charge in [-0.15, -0.1) is 0 Å². The average Bonchev–Trinajstić information content (AvgIpc) is 3.72. The van der Waals surface area contributed by atoms with Crippen LogP contribution < -0.4 is 26.2 Å². The highest BCUT2D eigenvalue weighted by atomic mass is 16.5. The van der Waals surface area contributed by atoms with Crippen molar-refractivity contribution in [3.05, 3.63) is 71.0 Å². The number of imide groups is 2. The molecule has 4 N–H and O–H groups in total. The molecule has 0 bridgehead atoms. The summed E-state index contributed by atoms with van der Waals surface area (Å²) >= 11 is 0. The first-order valence-electron chi connectivity index (χ1n) is 21.7. The quantitative estimate of drug-likeness (QED) is 0.250. The van der Waals surface area contributed by atoms with Crippen LogP contribution in [0.15, 0.2) is 48.7 Å². The van der Waals surface area contributed by atoms with E-state index in [-0.39, 0.29) is 47.6 Å². The summed E-state index contributed by atoms with van der Waals surface area (Å²) in [5.74, 6) is -1.77. The van der Waals surface area contributed by atoms with Crippen molar-refractivity contribution in [2.24, 2.45) is 5.73 Å². The number of nitrogens with one attached hydrogen (secondary N) is 2. The first kappa shape index (κ1) is 40.0. The van der Waals surface area contributed by atoms with E-state index >= 15 is 0 Å². The second-order valence-corrected chi connectivity index (χ2v) is 17.9. The van der Waals surface area contributed by atoms with Crippen LogP contribution in [-0.4, -0.2) is 155 Å². The standard InChI is InChI=1S/C44H51N11O7/c1-44(12-15-50(16-13-44)30-22-52(23-30)28-8-9-32-33(19-28)42(60)55(41(32)59)34-10-11-36(56)49-40(34)58)26-4-6-27(7-5-26)47-39-37(38(45)57)46-20-35(48-39)51-14-2-3-29(21-51)53-17-18-54(43(53)61)31-24-62-25-31/h4-9,19-20,29-31,34H,2-3,10-18,21-25H2,1H3,(H2,45,57)(H,47,48)(H,49,56,58). The summed E-state index contributed by atoms with van der Waals surface area (Å²) in [5.41, 5.74) is 9.22. The van der Waals surface area contributed by atoms with Crippen LogP contribution in [0, 0.1) is 0 Å². The third-order valence-corrected chi connectivity index (χ3v) is 14.2. The molecule has 6 saturated heterocycles. The Morgan fingerprint density at radius 1 is 0.839 bits per heavy atom. The first-order chi connectivity index (χ1) is 29.9. The molecule has 10 rings (SSSR count). The Kier molecular flexibility index (Phi) is 10.1. The van der Waals surface area contributed by atoms with Gasteiger partial charge in [-0.3, -0.25) is 39.1 Å². The van der Waals surface area contributed by atoms with E-state index in [1.807, 2.05) is 28.0 Å². The Morgan fingerprint density at radius 2 is 1.55 bits per heavy atom. The molecule has 0 saturated carbocycles. The van der Waals surface area contributed by atoms with Gasteiger partial charge in [-0.1, -0.05) is 19.1 Å². The monoisotopic (exact) mass is 845 g/mol. The van der Waals surface area contributed by atoms with Crippen LogP contribution in [0.3, 0.4) is 0 Å². The van der Waals surface area contributed by atoms with Gasteiger partial charge in [0, 0.05) is 63.1 Å². The van der Waals surface area contributed by atoms with E-state index in [2.05, 4.69) is 49.4 Å². The number of fused-ring (bicyclic) bond motifs is 1. The summed E-state index contributed by atoms with van der Waals surface area (Å²) in [4.78, 5) is 97.5. The highest BCUT2D eigenvalue weighted by Gasteiger charge is 2.46. The summed E-state index contributed by atoms with van der Waals surface area (Å²) in [6.45, 7) is 9.81. The van der Waals surface area contributed by atoms with Crippen LogP contribution in [0.1, 0.15) is 82.2 Å². The van der Waals surface area contributed by atoms with Gasteiger partial charge in [0.15, 0.2) is 11.5 Å². The van der Waals surface area contributed by atoms with Crippen molar-refractivity contribution >= 4 is 58.6 Å². The molecule has 18 nitrogen and oxygen atoms in total. The lowest BCUT2D eigenvalue weighted by Crippen LogP contribution is -2.61. The number of primary amides is 1. The fourth-order valence-electron chi connectivity index (χ4n) is 10.2. The van der Waals surface area contributed by atoms with Gasteiger partial charge in [-0.25, -0.2) is 14.8 Å². The average molecular weight is 846 g/mol. The van der Waals surface area contributed by atoms with Gasteiger partial charge in [0.25, 0.3) is 17.7 Å². The minimum atomic E-state index is -0.986. The number of rotatable bonds is 10. The molecule has 2 unspecified atom stereocenters. The number of amides is 7. The number of hydrogen-bond acceptors (Lipinski definition) is 13. The number of carbonyl (C=O) groups is 6. The molecule has 8 heterocycles. The van der Waals surface area contributed by atoms with Crippen LogP contribution in [0.25, 0.3) is 0 Å². The smallest absolute Gasteiger partial charge is 0.320 e. The summed E-state index contributed by atoms with van der Waals surface area (Å²) < 4.78 is 5.33.